The minimum Gasteiger partial charge on any atom is -0.349 e. The van der Waals surface area contributed by atoms with E-state index in [9.17, 15) is 0 Å². The second-order valence-corrected chi connectivity index (χ2v) is 6.52. The Balaban J connectivity index is 1.94. The van der Waals surface area contributed by atoms with Crippen molar-refractivity contribution in [3.8, 4) is 0 Å². The van der Waals surface area contributed by atoms with E-state index in [0.717, 1.165) is 24.4 Å². The first kappa shape index (κ1) is 12.2. The quantitative estimate of drug-likeness (QED) is 0.746. The molecule has 1 fully saturated rings. The highest BCUT2D eigenvalue weighted by Gasteiger charge is 2.25. The van der Waals surface area contributed by atoms with Crippen LogP contribution in [-0.2, 0) is 0 Å². The molecule has 0 radical (unpaired) electrons. The predicted octanol–water partition coefficient (Wildman–Crippen LogP) is 2.74. The molecule has 2 atom stereocenters. The SMILES string of the molecule is CC1CN(c2nc3ccsc3n3cccc23)C(C)CN1. The molecule has 20 heavy (non-hydrogen) atoms. The molecule has 3 aromatic heterocycles. The van der Waals surface area contributed by atoms with Crippen LogP contribution in [0.1, 0.15) is 13.8 Å². The van der Waals surface area contributed by atoms with Gasteiger partial charge in [-0.25, -0.2) is 4.98 Å². The minimum atomic E-state index is 0.466. The maximum Gasteiger partial charge on any atom is 0.154 e. The van der Waals surface area contributed by atoms with Gasteiger partial charge in [-0.3, -0.25) is 0 Å². The molecule has 104 valence electrons. The molecule has 1 aliphatic rings. The zero-order valence-corrected chi connectivity index (χ0v) is 12.5. The number of nitrogens with one attached hydrogen (secondary N) is 1. The Labute approximate surface area is 122 Å². The van der Waals surface area contributed by atoms with Gasteiger partial charge in [0.05, 0.1) is 5.52 Å². The van der Waals surface area contributed by atoms with E-state index in [1.165, 1.54) is 10.3 Å². The van der Waals surface area contributed by atoms with E-state index >= 15 is 0 Å². The van der Waals surface area contributed by atoms with Crippen LogP contribution in [0.3, 0.4) is 0 Å². The van der Waals surface area contributed by atoms with Gasteiger partial charge in [0.1, 0.15) is 10.3 Å². The highest BCUT2D eigenvalue weighted by atomic mass is 32.1. The van der Waals surface area contributed by atoms with Crippen LogP contribution in [0, 0.1) is 0 Å². The van der Waals surface area contributed by atoms with Gasteiger partial charge in [0.25, 0.3) is 0 Å². The van der Waals surface area contributed by atoms with E-state index < -0.39 is 0 Å². The molecule has 0 spiro atoms. The van der Waals surface area contributed by atoms with Gasteiger partial charge in [-0.15, -0.1) is 11.3 Å². The van der Waals surface area contributed by atoms with Crippen molar-refractivity contribution in [2.24, 2.45) is 0 Å². The van der Waals surface area contributed by atoms with Crippen LogP contribution in [0.4, 0.5) is 5.82 Å². The maximum atomic E-state index is 4.93. The Hall–Kier alpha value is -1.59. The highest BCUT2D eigenvalue weighted by Crippen LogP contribution is 2.29. The van der Waals surface area contributed by atoms with Crippen LogP contribution in [0.15, 0.2) is 29.8 Å². The van der Waals surface area contributed by atoms with Crippen molar-refractivity contribution in [2.75, 3.05) is 18.0 Å². The van der Waals surface area contributed by atoms with E-state index in [-0.39, 0.29) is 0 Å². The minimum absolute atomic E-state index is 0.466. The molecule has 0 bridgehead atoms. The summed E-state index contributed by atoms with van der Waals surface area (Å²) < 4.78 is 2.27. The summed E-state index contributed by atoms with van der Waals surface area (Å²) in [5, 5.41) is 5.65. The van der Waals surface area contributed by atoms with Gasteiger partial charge < -0.3 is 14.6 Å². The summed E-state index contributed by atoms with van der Waals surface area (Å²) in [5.41, 5.74) is 2.30. The number of hydrogen-bond acceptors (Lipinski definition) is 4. The smallest absolute Gasteiger partial charge is 0.154 e. The second-order valence-electron chi connectivity index (χ2n) is 5.62. The summed E-state index contributed by atoms with van der Waals surface area (Å²) in [7, 11) is 0. The van der Waals surface area contributed by atoms with Gasteiger partial charge in [0, 0.05) is 31.4 Å². The van der Waals surface area contributed by atoms with Crippen molar-refractivity contribution in [3.63, 3.8) is 0 Å². The zero-order chi connectivity index (χ0) is 13.7. The molecule has 1 aliphatic heterocycles. The number of aromatic nitrogens is 2. The molecule has 5 heteroatoms. The molecule has 0 aliphatic carbocycles. The summed E-state index contributed by atoms with van der Waals surface area (Å²) in [5.74, 6) is 1.11. The van der Waals surface area contributed by atoms with Gasteiger partial charge in [0.2, 0.25) is 0 Å². The average molecular weight is 286 g/mol. The zero-order valence-electron chi connectivity index (χ0n) is 11.7. The second kappa shape index (κ2) is 4.46. The predicted molar refractivity (Wildman–Crippen MR) is 84.8 cm³/mol. The first-order valence-electron chi connectivity index (χ1n) is 7.08. The maximum absolute atomic E-state index is 4.93. The van der Waals surface area contributed by atoms with Gasteiger partial charge >= 0.3 is 0 Å². The molecule has 3 aromatic rings. The van der Waals surface area contributed by atoms with Crippen molar-refractivity contribution >= 4 is 33.0 Å². The number of rotatable bonds is 1. The van der Waals surface area contributed by atoms with Gasteiger partial charge in [0.15, 0.2) is 5.82 Å². The Morgan fingerprint density at radius 1 is 1.35 bits per heavy atom. The first-order valence-corrected chi connectivity index (χ1v) is 7.96. The van der Waals surface area contributed by atoms with E-state index in [1.807, 2.05) is 0 Å². The lowest BCUT2D eigenvalue weighted by Gasteiger charge is -2.38. The third-order valence-electron chi connectivity index (χ3n) is 4.08. The molecule has 4 rings (SSSR count). The van der Waals surface area contributed by atoms with E-state index in [1.54, 1.807) is 11.3 Å². The van der Waals surface area contributed by atoms with Crippen molar-refractivity contribution in [1.82, 2.24) is 14.7 Å². The number of fused-ring (bicyclic) bond motifs is 3. The van der Waals surface area contributed by atoms with Gasteiger partial charge in [-0.05, 0) is 37.4 Å². The summed E-state index contributed by atoms with van der Waals surface area (Å²) >= 11 is 1.75. The fourth-order valence-corrected chi connectivity index (χ4v) is 3.83. The van der Waals surface area contributed by atoms with Crippen LogP contribution < -0.4 is 10.2 Å². The molecular formula is C15H18N4S. The molecule has 4 heterocycles. The van der Waals surface area contributed by atoms with Crippen LogP contribution in [0.25, 0.3) is 15.9 Å². The highest BCUT2D eigenvalue weighted by molar-refractivity contribution is 7.16. The number of piperazine rings is 1. The Kier molecular flexibility index (Phi) is 2.72. The van der Waals surface area contributed by atoms with Crippen LogP contribution >= 0.6 is 11.3 Å². The molecule has 1 N–H and O–H groups in total. The number of nitrogens with zero attached hydrogens (tertiary/aromatic N) is 3. The van der Waals surface area contributed by atoms with Crippen molar-refractivity contribution in [1.29, 1.82) is 0 Å². The fraction of sp³-hybridized carbons (Fsp3) is 0.400. The Morgan fingerprint density at radius 2 is 2.25 bits per heavy atom. The van der Waals surface area contributed by atoms with Crippen LogP contribution in [0.2, 0.25) is 0 Å². The molecule has 0 amide bonds. The summed E-state index contributed by atoms with van der Waals surface area (Å²) in [6.45, 7) is 6.51. The summed E-state index contributed by atoms with van der Waals surface area (Å²) in [6.07, 6.45) is 2.13. The normalized spacial score (nSPS) is 23.8. The monoisotopic (exact) mass is 286 g/mol. The third kappa shape index (κ3) is 1.73. The van der Waals surface area contributed by atoms with E-state index in [2.05, 4.69) is 58.2 Å². The number of anilines is 1. The number of thiophene rings is 1. The average Bonchev–Trinajstić information content (AvgIpc) is 3.07. The lowest BCUT2D eigenvalue weighted by Crippen LogP contribution is -2.54. The first-order chi connectivity index (χ1) is 9.74. The summed E-state index contributed by atoms with van der Waals surface area (Å²) in [6, 6.07) is 7.35. The molecular weight excluding hydrogens is 268 g/mol. The van der Waals surface area contributed by atoms with Crippen LogP contribution in [-0.4, -0.2) is 34.6 Å². The Bertz CT molecular complexity index is 760. The molecule has 1 saturated heterocycles. The van der Waals surface area contributed by atoms with Gasteiger partial charge in [-0.1, -0.05) is 0 Å². The van der Waals surface area contributed by atoms with Gasteiger partial charge in [-0.2, -0.15) is 0 Å². The van der Waals surface area contributed by atoms with E-state index in [0.29, 0.717) is 12.1 Å². The van der Waals surface area contributed by atoms with E-state index in [4.69, 9.17) is 4.98 Å². The molecule has 0 aromatic carbocycles. The molecule has 4 nitrogen and oxygen atoms in total. The standard InChI is InChI=1S/C15H18N4S/c1-10-9-19(11(2)8-16-10)14-13-4-3-6-18(13)15-12(17-14)5-7-20-15/h3-7,10-11,16H,8-9H2,1-2H3. The summed E-state index contributed by atoms with van der Waals surface area (Å²) in [4.78, 5) is 8.60. The topological polar surface area (TPSA) is 32.6 Å². The number of hydrogen-bond donors (Lipinski definition) is 1. The molecule has 2 unspecified atom stereocenters. The van der Waals surface area contributed by atoms with Crippen molar-refractivity contribution < 1.29 is 0 Å². The Morgan fingerprint density at radius 3 is 3.15 bits per heavy atom. The lowest BCUT2D eigenvalue weighted by molar-refractivity contribution is 0.423. The van der Waals surface area contributed by atoms with Crippen molar-refractivity contribution in [2.45, 2.75) is 25.9 Å². The lowest BCUT2D eigenvalue weighted by atomic mass is 10.1. The fourth-order valence-electron chi connectivity index (χ4n) is 3.00. The van der Waals surface area contributed by atoms with Crippen molar-refractivity contribution in [3.05, 3.63) is 29.8 Å². The molecule has 0 saturated carbocycles. The largest absolute Gasteiger partial charge is 0.349 e. The van der Waals surface area contributed by atoms with Crippen LogP contribution in [0.5, 0.6) is 0 Å². The third-order valence-corrected chi connectivity index (χ3v) is 4.99.